The SMILES string of the molecule is COc1ccc(S/N=C/N(C)C)cc1CN1CCCC(C)C1.Cc1ccc2cnccc2c1. The van der Waals surface area contributed by atoms with Gasteiger partial charge in [0.15, 0.2) is 0 Å². The standard InChI is InChI=1S/C17H27N3OS.C10H9N/c1-14-6-5-9-20(11-14)12-15-10-16(7-8-17(15)21-4)22-18-13-19(2)3;1-8-2-3-10-7-11-5-4-9(10)6-8/h7-8,10,13-14H,5-6,9,11-12H2,1-4H3;2-7H,1H3/b18-13+;. The molecule has 6 heteroatoms. The Morgan fingerprint density at radius 1 is 1.18 bits per heavy atom. The molecule has 1 saturated heterocycles. The van der Waals surface area contributed by atoms with Crippen molar-refractivity contribution >= 4 is 29.1 Å². The van der Waals surface area contributed by atoms with Gasteiger partial charge in [0, 0.05) is 67.4 Å². The second kappa shape index (κ2) is 12.6. The van der Waals surface area contributed by atoms with Gasteiger partial charge in [-0.3, -0.25) is 9.88 Å². The van der Waals surface area contributed by atoms with E-state index in [1.54, 1.807) is 7.11 Å². The summed E-state index contributed by atoms with van der Waals surface area (Å²) < 4.78 is 9.89. The van der Waals surface area contributed by atoms with Crippen LogP contribution in [0.25, 0.3) is 10.8 Å². The molecule has 4 rings (SSSR count). The van der Waals surface area contributed by atoms with Gasteiger partial charge in [-0.05, 0) is 61.9 Å². The highest BCUT2D eigenvalue weighted by Crippen LogP contribution is 2.29. The van der Waals surface area contributed by atoms with Gasteiger partial charge in [0.1, 0.15) is 5.75 Å². The maximum atomic E-state index is 5.53. The fourth-order valence-electron chi connectivity index (χ4n) is 3.99. The molecule has 0 N–H and O–H groups in total. The highest BCUT2D eigenvalue weighted by atomic mass is 32.2. The smallest absolute Gasteiger partial charge is 0.123 e. The molecule has 2 heterocycles. The van der Waals surface area contributed by atoms with Crippen LogP contribution in [-0.2, 0) is 6.54 Å². The molecule has 1 fully saturated rings. The number of rotatable bonds is 6. The fraction of sp³-hybridized carbons (Fsp3) is 0.407. The van der Waals surface area contributed by atoms with E-state index in [9.17, 15) is 0 Å². The van der Waals surface area contributed by atoms with Crippen LogP contribution in [0.1, 0.15) is 30.9 Å². The van der Waals surface area contributed by atoms with E-state index >= 15 is 0 Å². The molecule has 176 valence electrons. The zero-order valence-electron chi connectivity index (χ0n) is 20.5. The molecule has 1 unspecified atom stereocenters. The predicted octanol–water partition coefficient (Wildman–Crippen LogP) is 6.07. The summed E-state index contributed by atoms with van der Waals surface area (Å²) in [6.07, 6.45) is 8.17. The summed E-state index contributed by atoms with van der Waals surface area (Å²) in [4.78, 5) is 9.66. The molecule has 3 aromatic rings. The number of piperidine rings is 1. The molecule has 1 aliphatic heterocycles. The summed E-state index contributed by atoms with van der Waals surface area (Å²) in [5.41, 5.74) is 2.55. The minimum atomic E-state index is 0.794. The van der Waals surface area contributed by atoms with Crippen LogP contribution >= 0.6 is 11.9 Å². The lowest BCUT2D eigenvalue weighted by Gasteiger charge is -2.31. The molecule has 0 spiro atoms. The molecule has 5 nitrogen and oxygen atoms in total. The van der Waals surface area contributed by atoms with Gasteiger partial charge in [0.2, 0.25) is 0 Å². The van der Waals surface area contributed by atoms with E-state index in [-0.39, 0.29) is 0 Å². The molecule has 1 aromatic heterocycles. The lowest BCUT2D eigenvalue weighted by Crippen LogP contribution is -2.33. The number of aromatic nitrogens is 1. The number of aryl methyl sites for hydroxylation is 1. The first-order valence-electron chi connectivity index (χ1n) is 11.5. The number of hydrogen-bond donors (Lipinski definition) is 0. The Labute approximate surface area is 203 Å². The molecule has 0 radical (unpaired) electrons. The van der Waals surface area contributed by atoms with Crippen molar-refractivity contribution in [2.24, 2.45) is 10.3 Å². The summed E-state index contributed by atoms with van der Waals surface area (Å²) in [5.74, 6) is 1.76. The van der Waals surface area contributed by atoms with Crippen LogP contribution < -0.4 is 4.74 Å². The van der Waals surface area contributed by atoms with Gasteiger partial charge in [-0.25, -0.2) is 4.40 Å². The Morgan fingerprint density at radius 2 is 2.03 bits per heavy atom. The van der Waals surface area contributed by atoms with Gasteiger partial charge in [0.25, 0.3) is 0 Å². The van der Waals surface area contributed by atoms with Crippen molar-refractivity contribution in [3.05, 3.63) is 66.0 Å². The second-order valence-corrected chi connectivity index (χ2v) is 9.82. The summed E-state index contributed by atoms with van der Waals surface area (Å²) in [7, 11) is 5.69. The number of benzene rings is 2. The first kappa shape index (κ1) is 25.1. The number of methoxy groups -OCH3 is 1. The number of pyridine rings is 1. The number of hydrogen-bond acceptors (Lipinski definition) is 5. The molecule has 1 aliphatic rings. The van der Waals surface area contributed by atoms with E-state index in [1.165, 1.54) is 59.8 Å². The fourth-order valence-corrected chi connectivity index (χ4v) is 4.67. The Hall–Kier alpha value is -2.57. The van der Waals surface area contributed by atoms with Crippen molar-refractivity contribution in [3.8, 4) is 5.75 Å². The largest absolute Gasteiger partial charge is 0.496 e. The van der Waals surface area contributed by atoms with Crippen LogP contribution in [-0.4, -0.2) is 55.4 Å². The average molecular weight is 465 g/mol. The van der Waals surface area contributed by atoms with Crippen LogP contribution in [0.15, 0.2) is 64.2 Å². The Kier molecular flexibility index (Phi) is 9.58. The van der Waals surface area contributed by atoms with E-state index in [2.05, 4.69) is 64.5 Å². The third kappa shape index (κ3) is 8.06. The molecule has 0 amide bonds. The molecular weight excluding hydrogens is 428 g/mol. The van der Waals surface area contributed by atoms with Crippen LogP contribution in [0, 0.1) is 12.8 Å². The second-order valence-electron chi connectivity index (χ2n) is 8.96. The number of likely N-dealkylation sites (tertiary alicyclic amines) is 1. The summed E-state index contributed by atoms with van der Waals surface area (Å²) in [5, 5.41) is 2.47. The summed E-state index contributed by atoms with van der Waals surface area (Å²) in [6.45, 7) is 7.76. The van der Waals surface area contributed by atoms with E-state index in [0.717, 1.165) is 23.1 Å². The molecule has 0 aliphatic carbocycles. The number of fused-ring (bicyclic) bond motifs is 1. The van der Waals surface area contributed by atoms with Crippen molar-refractivity contribution in [1.29, 1.82) is 0 Å². The van der Waals surface area contributed by atoms with Crippen LogP contribution in [0.5, 0.6) is 5.75 Å². The van der Waals surface area contributed by atoms with Gasteiger partial charge in [-0.15, -0.1) is 0 Å². The zero-order valence-corrected chi connectivity index (χ0v) is 21.3. The van der Waals surface area contributed by atoms with Crippen LogP contribution in [0.3, 0.4) is 0 Å². The maximum absolute atomic E-state index is 5.53. The van der Waals surface area contributed by atoms with Crippen LogP contribution in [0.4, 0.5) is 0 Å². The highest BCUT2D eigenvalue weighted by Gasteiger charge is 2.18. The number of nitrogens with zero attached hydrogens (tertiary/aromatic N) is 4. The Morgan fingerprint density at radius 3 is 2.79 bits per heavy atom. The predicted molar refractivity (Wildman–Crippen MR) is 141 cm³/mol. The van der Waals surface area contributed by atoms with E-state index in [4.69, 9.17) is 4.74 Å². The third-order valence-electron chi connectivity index (χ3n) is 5.62. The van der Waals surface area contributed by atoms with Gasteiger partial charge in [0.05, 0.1) is 13.4 Å². The molecule has 0 saturated carbocycles. The lowest BCUT2D eigenvalue weighted by molar-refractivity contribution is 0.175. The van der Waals surface area contributed by atoms with Gasteiger partial charge in [-0.1, -0.05) is 30.7 Å². The van der Waals surface area contributed by atoms with Crippen molar-refractivity contribution < 1.29 is 4.74 Å². The quantitative estimate of drug-likeness (QED) is 0.252. The molecule has 33 heavy (non-hydrogen) atoms. The zero-order chi connectivity index (χ0) is 23.6. The molecule has 2 aromatic carbocycles. The molecule has 0 bridgehead atoms. The number of ether oxygens (including phenoxy) is 1. The Bertz CT molecular complexity index is 1050. The first-order valence-corrected chi connectivity index (χ1v) is 12.3. The van der Waals surface area contributed by atoms with E-state index in [0.29, 0.717) is 0 Å². The normalized spacial score (nSPS) is 16.5. The van der Waals surface area contributed by atoms with Crippen molar-refractivity contribution in [1.82, 2.24) is 14.8 Å². The van der Waals surface area contributed by atoms with Crippen molar-refractivity contribution in [2.75, 3.05) is 34.3 Å². The van der Waals surface area contributed by atoms with E-state index in [1.807, 2.05) is 43.8 Å². The summed E-state index contributed by atoms with van der Waals surface area (Å²) >= 11 is 1.50. The topological polar surface area (TPSA) is 41.0 Å². The van der Waals surface area contributed by atoms with Gasteiger partial charge in [-0.2, -0.15) is 0 Å². The minimum absolute atomic E-state index is 0.794. The minimum Gasteiger partial charge on any atom is -0.496 e. The Balaban J connectivity index is 0.000000231. The van der Waals surface area contributed by atoms with Gasteiger partial charge < -0.3 is 9.64 Å². The van der Waals surface area contributed by atoms with Crippen molar-refractivity contribution in [2.45, 2.75) is 38.1 Å². The van der Waals surface area contributed by atoms with Crippen LogP contribution in [0.2, 0.25) is 0 Å². The average Bonchev–Trinajstić information content (AvgIpc) is 2.79. The first-order chi connectivity index (χ1) is 15.9. The monoisotopic (exact) mass is 464 g/mol. The van der Waals surface area contributed by atoms with Crippen molar-refractivity contribution in [3.63, 3.8) is 0 Å². The van der Waals surface area contributed by atoms with E-state index < -0.39 is 0 Å². The molecule has 1 atom stereocenters. The lowest BCUT2D eigenvalue weighted by atomic mass is 10.00. The maximum Gasteiger partial charge on any atom is 0.123 e. The highest BCUT2D eigenvalue weighted by molar-refractivity contribution is 7.98. The third-order valence-corrected chi connectivity index (χ3v) is 6.28. The summed E-state index contributed by atoms with van der Waals surface area (Å²) in [6, 6.07) is 14.7. The molecular formula is C27H36N4OS. The van der Waals surface area contributed by atoms with Gasteiger partial charge >= 0.3 is 0 Å².